The number of pyridine rings is 1. The van der Waals surface area contributed by atoms with Gasteiger partial charge in [-0.3, -0.25) is 4.98 Å². The van der Waals surface area contributed by atoms with Gasteiger partial charge in [0, 0.05) is 23.0 Å². The highest BCUT2D eigenvalue weighted by Gasteiger charge is 2.04. The zero-order chi connectivity index (χ0) is 12.1. The first-order chi connectivity index (χ1) is 8.31. The number of hydrogen-bond acceptors (Lipinski definition) is 2. The summed E-state index contributed by atoms with van der Waals surface area (Å²) in [6.07, 6.45) is 5.17. The summed E-state index contributed by atoms with van der Waals surface area (Å²) < 4.78 is 0. The molecule has 0 bridgehead atoms. The van der Waals surface area contributed by atoms with Crippen molar-refractivity contribution in [3.05, 3.63) is 64.9 Å². The number of nitrogens with zero attached hydrogens (tertiary/aromatic N) is 2. The number of halogens is 1. The molecule has 0 fully saturated rings. The zero-order valence-electron chi connectivity index (χ0n) is 8.97. The Labute approximate surface area is 105 Å². The van der Waals surface area contributed by atoms with Crippen LogP contribution in [0.3, 0.4) is 0 Å². The summed E-state index contributed by atoms with van der Waals surface area (Å²) in [7, 11) is 0. The highest BCUT2D eigenvalue weighted by molar-refractivity contribution is 6.32. The highest BCUT2D eigenvalue weighted by atomic mass is 35.5. The largest absolute Gasteiger partial charge is 0.264 e. The monoisotopic (exact) mass is 240 g/mol. The molecule has 2 nitrogen and oxygen atoms in total. The van der Waals surface area contributed by atoms with Gasteiger partial charge in [0.2, 0.25) is 0 Å². The maximum Gasteiger partial charge on any atom is 0.0998 e. The van der Waals surface area contributed by atoms with Crippen LogP contribution in [0.5, 0.6) is 0 Å². The Morgan fingerprint density at radius 3 is 2.71 bits per heavy atom. The summed E-state index contributed by atoms with van der Waals surface area (Å²) in [5, 5.41) is 9.74. The van der Waals surface area contributed by atoms with Gasteiger partial charge < -0.3 is 0 Å². The van der Waals surface area contributed by atoms with Gasteiger partial charge in [-0.25, -0.2) is 0 Å². The Morgan fingerprint density at radius 1 is 1.24 bits per heavy atom. The third kappa shape index (κ3) is 2.72. The standard InChI is InChI=1S/C14H9ClN2/c15-14-6-2-1-5-13(14)12(9-16)8-11-4-3-7-17-10-11/h1-8,10H/b12-8+. The van der Waals surface area contributed by atoms with Crippen molar-refractivity contribution in [2.24, 2.45) is 0 Å². The van der Waals surface area contributed by atoms with E-state index in [9.17, 15) is 0 Å². The van der Waals surface area contributed by atoms with E-state index in [0.717, 1.165) is 11.1 Å². The topological polar surface area (TPSA) is 36.7 Å². The predicted molar refractivity (Wildman–Crippen MR) is 69.2 cm³/mol. The number of allylic oxidation sites excluding steroid dienone is 1. The van der Waals surface area contributed by atoms with E-state index >= 15 is 0 Å². The maximum absolute atomic E-state index is 9.17. The van der Waals surface area contributed by atoms with Crippen LogP contribution in [-0.2, 0) is 0 Å². The highest BCUT2D eigenvalue weighted by Crippen LogP contribution is 2.24. The van der Waals surface area contributed by atoms with Crippen molar-refractivity contribution in [3.8, 4) is 6.07 Å². The smallest absolute Gasteiger partial charge is 0.0998 e. The second kappa shape index (κ2) is 5.29. The lowest BCUT2D eigenvalue weighted by Gasteiger charge is -2.01. The van der Waals surface area contributed by atoms with Gasteiger partial charge in [0.25, 0.3) is 0 Å². The van der Waals surface area contributed by atoms with E-state index in [4.69, 9.17) is 16.9 Å². The van der Waals surface area contributed by atoms with E-state index < -0.39 is 0 Å². The van der Waals surface area contributed by atoms with Gasteiger partial charge >= 0.3 is 0 Å². The lowest BCUT2D eigenvalue weighted by molar-refractivity contribution is 1.32. The van der Waals surface area contributed by atoms with Crippen molar-refractivity contribution in [2.45, 2.75) is 0 Å². The Kier molecular flexibility index (Phi) is 3.54. The van der Waals surface area contributed by atoms with Crippen LogP contribution in [0.25, 0.3) is 11.6 Å². The summed E-state index contributed by atoms with van der Waals surface area (Å²) in [5.74, 6) is 0. The molecule has 0 aliphatic carbocycles. The zero-order valence-corrected chi connectivity index (χ0v) is 9.72. The summed E-state index contributed by atoms with van der Waals surface area (Å²) in [6, 6.07) is 13.2. The molecule has 0 N–H and O–H groups in total. The lowest BCUT2D eigenvalue weighted by atomic mass is 10.0. The Hall–Kier alpha value is -2.11. The fraction of sp³-hybridized carbons (Fsp3) is 0. The summed E-state index contributed by atoms with van der Waals surface area (Å²) >= 11 is 6.06. The predicted octanol–water partition coefficient (Wildman–Crippen LogP) is 3.80. The molecule has 3 heteroatoms. The van der Waals surface area contributed by atoms with Crippen molar-refractivity contribution in [1.82, 2.24) is 4.98 Å². The molecule has 0 aliphatic heterocycles. The molecule has 2 aromatic rings. The van der Waals surface area contributed by atoms with Gasteiger partial charge in [0.05, 0.1) is 11.6 Å². The molecule has 0 spiro atoms. The molecule has 0 amide bonds. The number of rotatable bonds is 2. The number of benzene rings is 1. The lowest BCUT2D eigenvalue weighted by Crippen LogP contribution is -1.84. The van der Waals surface area contributed by atoms with Crippen LogP contribution < -0.4 is 0 Å². The molecule has 0 aliphatic rings. The molecule has 82 valence electrons. The number of aromatic nitrogens is 1. The Morgan fingerprint density at radius 2 is 2.06 bits per heavy atom. The van der Waals surface area contributed by atoms with Crippen LogP contribution in [0.2, 0.25) is 5.02 Å². The molecule has 0 saturated carbocycles. The molecule has 0 atom stereocenters. The molecule has 0 radical (unpaired) electrons. The molecule has 2 rings (SSSR count). The first-order valence-corrected chi connectivity index (χ1v) is 5.46. The minimum atomic E-state index is 0.531. The molecule has 0 saturated heterocycles. The molecule has 1 aromatic heterocycles. The first kappa shape index (κ1) is 11.4. The molecule has 17 heavy (non-hydrogen) atoms. The third-order valence-electron chi connectivity index (χ3n) is 2.28. The van der Waals surface area contributed by atoms with Crippen molar-refractivity contribution >= 4 is 23.3 Å². The second-order valence-corrected chi connectivity index (χ2v) is 3.84. The van der Waals surface area contributed by atoms with Crippen LogP contribution in [0.1, 0.15) is 11.1 Å². The summed E-state index contributed by atoms with van der Waals surface area (Å²) in [4.78, 5) is 4.00. The van der Waals surface area contributed by atoms with Crippen molar-refractivity contribution in [3.63, 3.8) is 0 Å². The minimum Gasteiger partial charge on any atom is -0.264 e. The van der Waals surface area contributed by atoms with Crippen LogP contribution in [0.4, 0.5) is 0 Å². The van der Waals surface area contributed by atoms with Gasteiger partial charge in [-0.1, -0.05) is 35.9 Å². The molecule has 1 heterocycles. The summed E-state index contributed by atoms with van der Waals surface area (Å²) in [5.41, 5.74) is 2.15. The van der Waals surface area contributed by atoms with Crippen LogP contribution in [0, 0.1) is 11.3 Å². The molecule has 0 unspecified atom stereocenters. The van der Waals surface area contributed by atoms with E-state index in [0.29, 0.717) is 10.6 Å². The first-order valence-electron chi connectivity index (χ1n) is 5.08. The normalized spacial score (nSPS) is 10.9. The molecule has 1 aromatic carbocycles. The summed E-state index contributed by atoms with van der Waals surface area (Å²) in [6.45, 7) is 0. The quantitative estimate of drug-likeness (QED) is 0.749. The molecular formula is C14H9ClN2. The van der Waals surface area contributed by atoms with Crippen molar-refractivity contribution in [1.29, 1.82) is 5.26 Å². The van der Waals surface area contributed by atoms with E-state index in [2.05, 4.69) is 11.1 Å². The van der Waals surface area contributed by atoms with Crippen molar-refractivity contribution < 1.29 is 0 Å². The SMILES string of the molecule is N#C/C(=C\c1cccnc1)c1ccccc1Cl. The number of nitriles is 1. The van der Waals surface area contributed by atoms with Crippen LogP contribution >= 0.6 is 11.6 Å². The van der Waals surface area contributed by atoms with E-state index in [1.54, 1.807) is 24.5 Å². The van der Waals surface area contributed by atoms with Gasteiger partial charge in [-0.05, 0) is 23.8 Å². The average molecular weight is 241 g/mol. The average Bonchev–Trinajstić information content (AvgIpc) is 2.38. The third-order valence-corrected chi connectivity index (χ3v) is 2.61. The fourth-order valence-electron chi connectivity index (χ4n) is 1.48. The maximum atomic E-state index is 9.17. The van der Waals surface area contributed by atoms with Gasteiger partial charge in [-0.2, -0.15) is 5.26 Å². The minimum absolute atomic E-state index is 0.531. The van der Waals surface area contributed by atoms with Gasteiger partial charge in [0.15, 0.2) is 0 Å². The Balaban J connectivity index is 2.46. The van der Waals surface area contributed by atoms with E-state index in [1.807, 2.05) is 30.3 Å². The van der Waals surface area contributed by atoms with Gasteiger partial charge in [-0.15, -0.1) is 0 Å². The second-order valence-electron chi connectivity index (χ2n) is 3.44. The van der Waals surface area contributed by atoms with Crippen molar-refractivity contribution in [2.75, 3.05) is 0 Å². The van der Waals surface area contributed by atoms with Crippen LogP contribution in [0.15, 0.2) is 48.8 Å². The molecular weight excluding hydrogens is 232 g/mol. The fourth-order valence-corrected chi connectivity index (χ4v) is 1.72. The Bertz CT molecular complexity index is 583. The van der Waals surface area contributed by atoms with E-state index in [1.165, 1.54) is 0 Å². The van der Waals surface area contributed by atoms with E-state index in [-0.39, 0.29) is 0 Å². The van der Waals surface area contributed by atoms with Crippen LogP contribution in [-0.4, -0.2) is 4.98 Å². The number of hydrogen-bond donors (Lipinski definition) is 0. The van der Waals surface area contributed by atoms with Gasteiger partial charge in [0.1, 0.15) is 0 Å².